The van der Waals surface area contributed by atoms with Crippen LogP contribution in [0.25, 0.3) is 0 Å². The number of rotatable bonds is 7. The Kier molecular flexibility index (Phi) is 6.83. The van der Waals surface area contributed by atoms with Crippen LogP contribution >= 0.6 is 0 Å². The Morgan fingerprint density at radius 2 is 1.80 bits per heavy atom. The van der Waals surface area contributed by atoms with Crippen LogP contribution in [0.15, 0.2) is 33.7 Å². The molecule has 1 aliphatic heterocycles. The van der Waals surface area contributed by atoms with Crippen molar-refractivity contribution in [3.63, 3.8) is 0 Å². The molecule has 11 heteroatoms. The van der Waals surface area contributed by atoms with E-state index in [1.807, 2.05) is 0 Å². The van der Waals surface area contributed by atoms with Crippen LogP contribution in [0, 0.1) is 6.92 Å². The molecule has 0 atom stereocenters. The summed E-state index contributed by atoms with van der Waals surface area (Å²) in [4.78, 5) is 29.5. The molecule has 1 fully saturated rings. The molecule has 0 radical (unpaired) electrons. The van der Waals surface area contributed by atoms with Gasteiger partial charge in [-0.2, -0.15) is 9.29 Å². The monoisotopic (exact) mass is 435 g/mol. The predicted octanol–water partition coefficient (Wildman–Crippen LogP) is 0.593. The number of amides is 2. The highest BCUT2D eigenvalue weighted by molar-refractivity contribution is 7.89. The molecule has 1 saturated heterocycles. The number of hydrogen-bond donors (Lipinski definition) is 1. The average Bonchev–Trinajstić information content (AvgIpc) is 3.16. The normalized spacial score (nSPS) is 15.2. The van der Waals surface area contributed by atoms with E-state index in [1.165, 1.54) is 35.5 Å². The topological polar surface area (TPSA) is 126 Å². The molecule has 1 aliphatic rings. The Bertz CT molecular complexity index is 995. The first kappa shape index (κ1) is 21.9. The SMILES string of the molecule is CC(=O)N1CCN(S(=O)(=O)c2ccc(C(=O)NCCCc3nc(C)no3)cc2)CC1. The Morgan fingerprint density at radius 3 is 2.37 bits per heavy atom. The predicted molar refractivity (Wildman–Crippen MR) is 107 cm³/mol. The van der Waals surface area contributed by atoms with Crippen molar-refractivity contribution in [2.24, 2.45) is 0 Å². The number of aromatic nitrogens is 2. The van der Waals surface area contributed by atoms with E-state index >= 15 is 0 Å². The minimum atomic E-state index is -3.66. The molecular formula is C19H25N5O5S. The first-order valence-corrected chi connectivity index (χ1v) is 11.1. The third-order valence-electron chi connectivity index (χ3n) is 4.86. The summed E-state index contributed by atoms with van der Waals surface area (Å²) in [5.41, 5.74) is 0.379. The number of sulfonamides is 1. The van der Waals surface area contributed by atoms with Gasteiger partial charge in [-0.1, -0.05) is 5.16 Å². The van der Waals surface area contributed by atoms with Crippen LogP contribution in [0.1, 0.15) is 35.4 Å². The number of piperazine rings is 1. The van der Waals surface area contributed by atoms with Crippen molar-refractivity contribution in [3.8, 4) is 0 Å². The van der Waals surface area contributed by atoms with Crippen molar-refractivity contribution in [2.75, 3.05) is 32.7 Å². The summed E-state index contributed by atoms with van der Waals surface area (Å²) in [5, 5.41) is 6.49. The number of carbonyl (C=O) groups excluding carboxylic acids is 2. The fraction of sp³-hybridized carbons (Fsp3) is 0.474. The van der Waals surface area contributed by atoms with E-state index in [2.05, 4.69) is 15.5 Å². The summed E-state index contributed by atoms with van der Waals surface area (Å²) in [7, 11) is -3.66. The number of hydrogen-bond acceptors (Lipinski definition) is 7. The summed E-state index contributed by atoms with van der Waals surface area (Å²) >= 11 is 0. The molecule has 30 heavy (non-hydrogen) atoms. The van der Waals surface area contributed by atoms with Crippen molar-refractivity contribution in [3.05, 3.63) is 41.5 Å². The van der Waals surface area contributed by atoms with Crippen molar-refractivity contribution in [2.45, 2.75) is 31.6 Å². The van der Waals surface area contributed by atoms with Crippen LogP contribution in [0.4, 0.5) is 0 Å². The van der Waals surface area contributed by atoms with E-state index in [1.54, 1.807) is 11.8 Å². The molecular weight excluding hydrogens is 410 g/mol. The lowest BCUT2D eigenvalue weighted by Crippen LogP contribution is -2.49. The number of carbonyl (C=O) groups is 2. The summed E-state index contributed by atoms with van der Waals surface area (Å²) in [5.74, 6) is 0.760. The van der Waals surface area contributed by atoms with Gasteiger partial charge in [0.15, 0.2) is 5.82 Å². The third-order valence-corrected chi connectivity index (χ3v) is 6.77. The largest absolute Gasteiger partial charge is 0.352 e. The van der Waals surface area contributed by atoms with Gasteiger partial charge in [0.05, 0.1) is 4.90 Å². The zero-order chi connectivity index (χ0) is 21.7. The number of benzene rings is 1. The van der Waals surface area contributed by atoms with Gasteiger partial charge in [0.25, 0.3) is 5.91 Å². The molecule has 0 aliphatic carbocycles. The average molecular weight is 436 g/mol. The molecule has 0 spiro atoms. The lowest BCUT2D eigenvalue weighted by Gasteiger charge is -2.33. The van der Waals surface area contributed by atoms with Gasteiger partial charge in [-0.25, -0.2) is 8.42 Å². The highest BCUT2D eigenvalue weighted by atomic mass is 32.2. The van der Waals surface area contributed by atoms with Crippen LogP contribution in [-0.2, 0) is 21.2 Å². The Hall–Kier alpha value is -2.79. The van der Waals surface area contributed by atoms with Gasteiger partial charge >= 0.3 is 0 Å². The van der Waals surface area contributed by atoms with Crippen molar-refractivity contribution < 1.29 is 22.5 Å². The van der Waals surface area contributed by atoms with Crippen LogP contribution in [-0.4, -0.2) is 72.3 Å². The summed E-state index contributed by atoms with van der Waals surface area (Å²) in [6.07, 6.45) is 1.21. The Morgan fingerprint density at radius 1 is 1.13 bits per heavy atom. The molecule has 0 bridgehead atoms. The lowest BCUT2D eigenvalue weighted by molar-refractivity contribution is -0.129. The fourth-order valence-corrected chi connectivity index (χ4v) is 4.58. The maximum Gasteiger partial charge on any atom is 0.251 e. The second-order valence-corrected chi connectivity index (χ2v) is 8.97. The Labute approximate surface area is 175 Å². The molecule has 2 heterocycles. The van der Waals surface area contributed by atoms with E-state index in [4.69, 9.17) is 4.52 Å². The number of nitrogens with one attached hydrogen (secondary N) is 1. The molecule has 1 aromatic carbocycles. The lowest BCUT2D eigenvalue weighted by atomic mass is 10.2. The van der Waals surface area contributed by atoms with Gasteiger partial charge in [-0.05, 0) is 37.6 Å². The summed E-state index contributed by atoms with van der Waals surface area (Å²) in [6, 6.07) is 5.86. The standard InChI is InChI=1S/C19H25N5O5S/c1-14-21-18(29-22-14)4-3-9-20-19(26)16-5-7-17(8-6-16)30(27,28)24-12-10-23(11-13-24)15(2)25/h5-8H,3-4,9-13H2,1-2H3,(H,20,26). The van der Waals surface area contributed by atoms with Gasteiger partial charge in [-0.15, -0.1) is 0 Å². The van der Waals surface area contributed by atoms with Gasteiger partial charge < -0.3 is 14.7 Å². The fourth-order valence-electron chi connectivity index (χ4n) is 3.16. The minimum absolute atomic E-state index is 0.0605. The van der Waals surface area contributed by atoms with Crippen LogP contribution < -0.4 is 5.32 Å². The molecule has 162 valence electrons. The van der Waals surface area contributed by atoms with Crippen LogP contribution in [0.2, 0.25) is 0 Å². The van der Waals surface area contributed by atoms with Gasteiger partial charge in [0, 0.05) is 51.6 Å². The molecule has 2 aromatic rings. The second-order valence-electron chi connectivity index (χ2n) is 7.03. The molecule has 1 aromatic heterocycles. The highest BCUT2D eigenvalue weighted by Crippen LogP contribution is 2.18. The third kappa shape index (κ3) is 5.22. The number of nitrogens with zero attached hydrogens (tertiary/aromatic N) is 4. The van der Waals surface area contributed by atoms with Crippen molar-refractivity contribution in [1.82, 2.24) is 24.7 Å². The highest BCUT2D eigenvalue weighted by Gasteiger charge is 2.29. The zero-order valence-electron chi connectivity index (χ0n) is 17.0. The van der Waals surface area contributed by atoms with E-state index in [0.29, 0.717) is 49.8 Å². The Balaban J connectivity index is 1.52. The van der Waals surface area contributed by atoms with E-state index in [-0.39, 0.29) is 29.8 Å². The van der Waals surface area contributed by atoms with E-state index < -0.39 is 10.0 Å². The first-order chi connectivity index (χ1) is 14.3. The molecule has 1 N–H and O–H groups in total. The minimum Gasteiger partial charge on any atom is -0.352 e. The summed E-state index contributed by atoms with van der Waals surface area (Å²) in [6.45, 7) is 4.90. The van der Waals surface area contributed by atoms with E-state index in [9.17, 15) is 18.0 Å². The maximum absolute atomic E-state index is 12.8. The van der Waals surface area contributed by atoms with Crippen molar-refractivity contribution >= 4 is 21.8 Å². The number of aryl methyl sites for hydroxylation is 2. The van der Waals surface area contributed by atoms with Gasteiger partial charge in [-0.3, -0.25) is 9.59 Å². The zero-order valence-corrected chi connectivity index (χ0v) is 17.8. The summed E-state index contributed by atoms with van der Waals surface area (Å²) < 4.78 is 32.0. The van der Waals surface area contributed by atoms with Crippen LogP contribution in [0.5, 0.6) is 0 Å². The van der Waals surface area contributed by atoms with Crippen molar-refractivity contribution in [1.29, 1.82) is 0 Å². The van der Waals surface area contributed by atoms with Gasteiger partial charge in [0.1, 0.15) is 0 Å². The molecule has 10 nitrogen and oxygen atoms in total. The molecule has 0 unspecified atom stereocenters. The quantitative estimate of drug-likeness (QED) is 0.631. The molecule has 0 saturated carbocycles. The second kappa shape index (κ2) is 9.35. The maximum atomic E-state index is 12.8. The first-order valence-electron chi connectivity index (χ1n) is 9.70. The molecule has 3 rings (SSSR count). The van der Waals surface area contributed by atoms with Gasteiger partial charge in [0.2, 0.25) is 21.8 Å². The van der Waals surface area contributed by atoms with Crippen LogP contribution in [0.3, 0.4) is 0 Å². The van der Waals surface area contributed by atoms with E-state index in [0.717, 1.165) is 0 Å². The smallest absolute Gasteiger partial charge is 0.251 e. The molecule has 2 amide bonds.